The molecule has 0 bridgehead atoms. The number of amides is 2. The number of nitrogens with zero attached hydrogens (tertiary/aromatic N) is 3. The Bertz CT molecular complexity index is 854. The summed E-state index contributed by atoms with van der Waals surface area (Å²) in [6.07, 6.45) is 1.37. The average molecular weight is 345 g/mol. The number of fused-ring (bicyclic) bond motifs is 1. The fourth-order valence-corrected chi connectivity index (χ4v) is 3.01. The third kappa shape index (κ3) is 3.09. The minimum Gasteiger partial charge on any atom is -0.352 e. The van der Waals surface area contributed by atoms with Crippen molar-refractivity contribution in [3.05, 3.63) is 39.9 Å². The van der Waals surface area contributed by atoms with Gasteiger partial charge in [-0.25, -0.2) is 0 Å². The lowest BCUT2D eigenvalue weighted by Crippen LogP contribution is -2.27. The monoisotopic (exact) mass is 345 g/mol. The molecule has 2 amide bonds. The van der Waals surface area contributed by atoms with Crippen molar-refractivity contribution in [2.75, 3.05) is 18.0 Å². The predicted molar refractivity (Wildman–Crippen MR) is 92.6 cm³/mol. The van der Waals surface area contributed by atoms with Crippen molar-refractivity contribution < 1.29 is 9.59 Å². The Morgan fingerprint density at radius 2 is 2.21 bits per heavy atom. The second kappa shape index (κ2) is 6.56. The highest BCUT2D eigenvalue weighted by atomic mass is 32.1. The van der Waals surface area contributed by atoms with E-state index < -0.39 is 0 Å². The van der Waals surface area contributed by atoms with Crippen LogP contribution in [0.5, 0.6) is 0 Å². The lowest BCUT2D eigenvalue weighted by molar-refractivity contribution is -0.116. The van der Waals surface area contributed by atoms with E-state index in [-0.39, 0.29) is 11.8 Å². The van der Waals surface area contributed by atoms with Crippen LogP contribution in [0.1, 0.15) is 28.7 Å². The number of H-pyrrole nitrogens is 1. The van der Waals surface area contributed by atoms with E-state index >= 15 is 0 Å². The van der Waals surface area contributed by atoms with E-state index in [0.29, 0.717) is 29.8 Å². The van der Waals surface area contributed by atoms with Crippen LogP contribution in [0, 0.1) is 4.77 Å². The van der Waals surface area contributed by atoms with Crippen LogP contribution in [0.3, 0.4) is 0 Å². The third-order valence-electron chi connectivity index (χ3n) is 4.22. The smallest absolute Gasteiger partial charge is 0.251 e. The Hall–Kier alpha value is -2.48. The molecule has 0 spiro atoms. The molecule has 2 heterocycles. The van der Waals surface area contributed by atoms with Gasteiger partial charge in [0.25, 0.3) is 5.91 Å². The van der Waals surface area contributed by atoms with Crippen molar-refractivity contribution in [1.29, 1.82) is 0 Å². The first-order chi connectivity index (χ1) is 11.5. The van der Waals surface area contributed by atoms with Gasteiger partial charge >= 0.3 is 0 Å². The van der Waals surface area contributed by atoms with Crippen LogP contribution in [-0.4, -0.2) is 39.7 Å². The zero-order valence-corrected chi connectivity index (χ0v) is 14.4. The Labute approximate surface area is 144 Å². The summed E-state index contributed by atoms with van der Waals surface area (Å²) >= 11 is 5.06. The fourth-order valence-electron chi connectivity index (χ4n) is 2.86. The van der Waals surface area contributed by atoms with Crippen molar-refractivity contribution in [1.82, 2.24) is 20.1 Å². The summed E-state index contributed by atoms with van der Waals surface area (Å²) in [4.78, 5) is 25.6. The Morgan fingerprint density at radius 1 is 1.42 bits per heavy atom. The number of hydrogen-bond acceptors (Lipinski definition) is 4. The zero-order chi connectivity index (χ0) is 17.3. The van der Waals surface area contributed by atoms with Crippen LogP contribution in [-0.2, 0) is 24.7 Å². The first kappa shape index (κ1) is 16.4. The van der Waals surface area contributed by atoms with Crippen molar-refractivity contribution in [3.63, 3.8) is 0 Å². The molecule has 3 rings (SSSR count). The van der Waals surface area contributed by atoms with Gasteiger partial charge < -0.3 is 14.8 Å². The maximum Gasteiger partial charge on any atom is 0.251 e. The van der Waals surface area contributed by atoms with Crippen LogP contribution in [0.25, 0.3) is 0 Å². The normalized spacial score (nSPS) is 13.0. The van der Waals surface area contributed by atoms with E-state index in [1.165, 1.54) is 0 Å². The molecule has 1 aliphatic heterocycles. The maximum absolute atomic E-state index is 12.3. The van der Waals surface area contributed by atoms with E-state index in [4.69, 9.17) is 12.2 Å². The first-order valence-corrected chi connectivity index (χ1v) is 8.17. The van der Waals surface area contributed by atoms with E-state index in [0.717, 1.165) is 23.5 Å². The van der Waals surface area contributed by atoms with Gasteiger partial charge in [-0.05, 0) is 42.4 Å². The predicted octanol–water partition coefficient (Wildman–Crippen LogP) is 1.36. The number of rotatable bonds is 4. The van der Waals surface area contributed by atoms with E-state index in [1.54, 1.807) is 22.5 Å². The van der Waals surface area contributed by atoms with Gasteiger partial charge in [0.2, 0.25) is 5.91 Å². The third-order valence-corrected chi connectivity index (χ3v) is 4.59. The van der Waals surface area contributed by atoms with Crippen molar-refractivity contribution in [2.24, 2.45) is 7.05 Å². The molecule has 0 unspecified atom stereocenters. The molecule has 0 atom stereocenters. The van der Waals surface area contributed by atoms with Gasteiger partial charge in [-0.2, -0.15) is 5.10 Å². The molecule has 0 saturated heterocycles. The highest BCUT2D eigenvalue weighted by molar-refractivity contribution is 7.71. The molecule has 126 valence electrons. The van der Waals surface area contributed by atoms with Gasteiger partial charge in [-0.1, -0.05) is 0 Å². The Morgan fingerprint density at radius 3 is 2.88 bits per heavy atom. The molecule has 2 N–H and O–H groups in total. The van der Waals surface area contributed by atoms with Crippen molar-refractivity contribution in [2.45, 2.75) is 19.8 Å². The summed E-state index contributed by atoms with van der Waals surface area (Å²) in [7, 11) is 1.84. The second-order valence-corrected chi connectivity index (χ2v) is 6.16. The van der Waals surface area contributed by atoms with E-state index in [1.807, 2.05) is 19.2 Å². The molecular formula is C16H19N5O2S. The summed E-state index contributed by atoms with van der Waals surface area (Å²) in [5.41, 5.74) is 2.54. The quantitative estimate of drug-likeness (QED) is 0.820. The minimum atomic E-state index is -0.129. The number of hydrogen-bond donors (Lipinski definition) is 2. The number of aromatic nitrogens is 3. The molecule has 24 heavy (non-hydrogen) atoms. The molecule has 7 nitrogen and oxygen atoms in total. The van der Waals surface area contributed by atoms with Crippen LogP contribution < -0.4 is 10.2 Å². The number of aromatic amines is 1. The molecule has 1 aromatic heterocycles. The van der Waals surface area contributed by atoms with Gasteiger partial charge in [0, 0.05) is 44.7 Å². The lowest BCUT2D eigenvalue weighted by atomic mass is 10.1. The molecule has 1 aromatic carbocycles. The van der Waals surface area contributed by atoms with Crippen molar-refractivity contribution in [3.8, 4) is 0 Å². The molecule has 2 aromatic rings. The van der Waals surface area contributed by atoms with Gasteiger partial charge in [0.15, 0.2) is 4.77 Å². The molecular weight excluding hydrogens is 326 g/mol. The largest absolute Gasteiger partial charge is 0.352 e. The summed E-state index contributed by atoms with van der Waals surface area (Å²) < 4.78 is 2.35. The molecule has 0 fully saturated rings. The van der Waals surface area contributed by atoms with Gasteiger partial charge in [-0.15, -0.1) is 0 Å². The number of anilines is 1. The molecule has 0 aliphatic carbocycles. The molecule has 1 aliphatic rings. The summed E-state index contributed by atoms with van der Waals surface area (Å²) in [6.45, 7) is 2.71. The number of carbonyl (C=O) groups excluding carboxylic acids is 2. The highest BCUT2D eigenvalue weighted by Crippen LogP contribution is 2.28. The SMILES string of the molecule is CC(=O)N1CCc2cc(C(=O)NCCc3n[nH]c(=S)n3C)ccc21. The standard InChI is InChI=1S/C16H19N5O2S/c1-10(22)21-8-6-11-9-12(3-4-13(11)21)15(23)17-7-5-14-18-19-16(24)20(14)2/h3-4,9H,5-8H2,1-2H3,(H,17,23)(H,19,24). The zero-order valence-electron chi connectivity index (χ0n) is 13.6. The van der Waals surface area contributed by atoms with Gasteiger partial charge in [-0.3, -0.25) is 14.7 Å². The van der Waals surface area contributed by atoms with Crippen LogP contribution in [0.2, 0.25) is 0 Å². The fraction of sp³-hybridized carbons (Fsp3) is 0.375. The highest BCUT2D eigenvalue weighted by Gasteiger charge is 2.23. The molecule has 0 saturated carbocycles. The summed E-state index contributed by atoms with van der Waals surface area (Å²) in [5, 5.41) is 9.72. The van der Waals surface area contributed by atoms with Gasteiger partial charge in [0.05, 0.1) is 0 Å². The number of carbonyl (C=O) groups is 2. The first-order valence-electron chi connectivity index (χ1n) is 7.77. The van der Waals surface area contributed by atoms with E-state index in [9.17, 15) is 9.59 Å². The summed E-state index contributed by atoms with van der Waals surface area (Å²) in [6, 6.07) is 5.46. The lowest BCUT2D eigenvalue weighted by Gasteiger charge is -2.14. The minimum absolute atomic E-state index is 0.0268. The Balaban J connectivity index is 1.63. The molecule has 0 radical (unpaired) electrons. The van der Waals surface area contributed by atoms with E-state index in [2.05, 4.69) is 15.5 Å². The van der Waals surface area contributed by atoms with Crippen LogP contribution >= 0.6 is 12.2 Å². The van der Waals surface area contributed by atoms with Crippen LogP contribution in [0.15, 0.2) is 18.2 Å². The number of nitrogens with one attached hydrogen (secondary N) is 2. The average Bonchev–Trinajstić information content (AvgIpc) is 3.12. The van der Waals surface area contributed by atoms with Crippen molar-refractivity contribution >= 4 is 29.7 Å². The summed E-state index contributed by atoms with van der Waals surface area (Å²) in [5.74, 6) is 0.696. The maximum atomic E-state index is 12.3. The Kier molecular flexibility index (Phi) is 4.48. The second-order valence-electron chi connectivity index (χ2n) is 5.77. The topological polar surface area (TPSA) is 83.0 Å². The van der Waals surface area contributed by atoms with Crippen LogP contribution in [0.4, 0.5) is 5.69 Å². The van der Waals surface area contributed by atoms with Gasteiger partial charge in [0.1, 0.15) is 5.82 Å². The molecule has 8 heteroatoms. The number of benzene rings is 1.